The molecule has 3 aliphatic rings. The maximum atomic E-state index is 2.50. The average molecular weight is 260 g/mol. The van der Waals surface area contributed by atoms with Crippen LogP contribution in [0.15, 0.2) is 22.5 Å². The van der Waals surface area contributed by atoms with E-state index in [0.717, 1.165) is 5.25 Å². The maximum absolute atomic E-state index is 2.50. The molecule has 0 unspecified atom stereocenters. The van der Waals surface area contributed by atoms with Crippen LogP contribution in [-0.2, 0) is 0 Å². The van der Waals surface area contributed by atoms with E-state index in [9.17, 15) is 0 Å². The van der Waals surface area contributed by atoms with E-state index in [4.69, 9.17) is 0 Å². The van der Waals surface area contributed by atoms with E-state index in [-0.39, 0.29) is 0 Å². The minimum atomic E-state index is 0.343. The van der Waals surface area contributed by atoms with Gasteiger partial charge in [0.1, 0.15) is 0 Å². The number of hydrogen-bond acceptors (Lipinski definition) is 4. The Bertz CT molecular complexity index is 335. The van der Waals surface area contributed by atoms with Gasteiger partial charge in [-0.15, -0.1) is 47.0 Å². The third-order valence-corrected chi connectivity index (χ3v) is 9.27. The summed E-state index contributed by atoms with van der Waals surface area (Å²) in [7, 11) is 0. The molecular formula is C10H12S4. The van der Waals surface area contributed by atoms with Crippen molar-refractivity contribution in [2.45, 2.75) is 20.5 Å². The Hall–Kier alpha value is 0.880. The van der Waals surface area contributed by atoms with Crippen LogP contribution in [0.1, 0.15) is 6.42 Å². The van der Waals surface area contributed by atoms with Crippen LogP contribution in [0.25, 0.3) is 0 Å². The largest absolute Gasteiger partial charge is 0.142 e. The predicted octanol–water partition coefficient (Wildman–Crippen LogP) is 3.81. The van der Waals surface area contributed by atoms with Crippen molar-refractivity contribution in [2.24, 2.45) is 0 Å². The smallest absolute Gasteiger partial charge is 0.0998 e. The SMILES string of the molecule is CSC1=C[C@]2(SC)S[C@@H]3C=C[C@]2(C3)S1. The van der Waals surface area contributed by atoms with Crippen LogP contribution >= 0.6 is 47.0 Å². The molecule has 0 radical (unpaired) electrons. The lowest BCUT2D eigenvalue weighted by Crippen LogP contribution is -2.35. The standard InChI is InChI=1S/C10H12S4/c1-11-8-6-10(12-2)9(14-8)4-3-7(5-9)13-10/h3-4,6-7H,5H2,1-2H3/t7-,9-,10+/m1/s1. The second-order valence-electron chi connectivity index (χ2n) is 3.75. The highest BCUT2D eigenvalue weighted by atomic mass is 32.2. The first-order valence-electron chi connectivity index (χ1n) is 4.62. The van der Waals surface area contributed by atoms with Crippen LogP contribution in [0.3, 0.4) is 0 Å². The molecule has 0 aromatic rings. The Morgan fingerprint density at radius 3 is 2.93 bits per heavy atom. The third kappa shape index (κ3) is 1.09. The van der Waals surface area contributed by atoms with Gasteiger partial charge in [-0.1, -0.05) is 12.2 Å². The number of rotatable bonds is 2. The Kier molecular flexibility index (Phi) is 2.29. The predicted molar refractivity (Wildman–Crippen MR) is 73.3 cm³/mol. The van der Waals surface area contributed by atoms with Crippen molar-refractivity contribution < 1.29 is 0 Å². The Labute approximate surface area is 102 Å². The van der Waals surface area contributed by atoms with Crippen LogP contribution in [-0.4, -0.2) is 26.6 Å². The molecule has 3 atom stereocenters. The molecule has 0 aromatic carbocycles. The zero-order valence-electron chi connectivity index (χ0n) is 8.15. The lowest BCUT2D eigenvalue weighted by molar-refractivity contribution is 0.738. The van der Waals surface area contributed by atoms with Gasteiger partial charge in [0.2, 0.25) is 0 Å². The zero-order chi connectivity index (χ0) is 9.81. The Morgan fingerprint density at radius 2 is 2.36 bits per heavy atom. The van der Waals surface area contributed by atoms with Crippen molar-refractivity contribution in [3.63, 3.8) is 0 Å². The van der Waals surface area contributed by atoms with Crippen molar-refractivity contribution in [3.05, 3.63) is 22.5 Å². The van der Waals surface area contributed by atoms with E-state index in [0.29, 0.717) is 8.83 Å². The molecule has 4 heteroatoms. The Morgan fingerprint density at radius 1 is 1.50 bits per heavy atom. The van der Waals surface area contributed by atoms with Crippen LogP contribution in [0.4, 0.5) is 0 Å². The van der Waals surface area contributed by atoms with Gasteiger partial charge in [0, 0.05) is 9.49 Å². The monoisotopic (exact) mass is 260 g/mol. The lowest BCUT2D eigenvalue weighted by atomic mass is 10.0. The van der Waals surface area contributed by atoms with E-state index < -0.39 is 0 Å². The molecule has 1 aliphatic carbocycles. The molecule has 0 amide bonds. The Balaban J connectivity index is 2.06. The molecule has 0 saturated carbocycles. The molecule has 2 bridgehead atoms. The summed E-state index contributed by atoms with van der Waals surface area (Å²) in [5.41, 5.74) is 0. The molecule has 1 saturated heterocycles. The molecule has 1 spiro atoms. The van der Waals surface area contributed by atoms with Crippen molar-refractivity contribution >= 4 is 47.0 Å². The van der Waals surface area contributed by atoms with E-state index in [2.05, 4.69) is 54.3 Å². The van der Waals surface area contributed by atoms with Crippen LogP contribution in [0.5, 0.6) is 0 Å². The minimum Gasteiger partial charge on any atom is -0.142 e. The third-order valence-electron chi connectivity index (χ3n) is 3.10. The zero-order valence-corrected chi connectivity index (χ0v) is 11.4. The van der Waals surface area contributed by atoms with Gasteiger partial charge in [-0.25, -0.2) is 0 Å². The molecule has 2 heterocycles. The van der Waals surface area contributed by atoms with Crippen molar-refractivity contribution in [1.82, 2.24) is 0 Å². The molecule has 0 nitrogen and oxygen atoms in total. The maximum Gasteiger partial charge on any atom is 0.0998 e. The highest BCUT2D eigenvalue weighted by Gasteiger charge is 2.62. The fourth-order valence-electron chi connectivity index (χ4n) is 2.41. The van der Waals surface area contributed by atoms with E-state index in [1.54, 1.807) is 0 Å². The fraction of sp³-hybridized carbons (Fsp3) is 0.600. The van der Waals surface area contributed by atoms with Gasteiger partial charge >= 0.3 is 0 Å². The number of hydrogen-bond donors (Lipinski definition) is 0. The highest BCUT2D eigenvalue weighted by Crippen LogP contribution is 2.72. The summed E-state index contributed by atoms with van der Waals surface area (Å²) in [6.07, 6.45) is 13.2. The molecule has 2 aliphatic heterocycles. The molecule has 1 fully saturated rings. The van der Waals surface area contributed by atoms with Gasteiger partial charge in [-0.2, -0.15) is 0 Å². The summed E-state index contributed by atoms with van der Waals surface area (Å²) in [5, 5.41) is 0.773. The van der Waals surface area contributed by atoms with Gasteiger partial charge in [0.15, 0.2) is 0 Å². The summed E-state index contributed by atoms with van der Waals surface area (Å²) < 4.78 is 2.24. The van der Waals surface area contributed by atoms with Crippen LogP contribution < -0.4 is 0 Å². The average Bonchev–Trinajstić information content (AvgIpc) is 2.79. The van der Waals surface area contributed by atoms with Gasteiger partial charge in [0.25, 0.3) is 0 Å². The molecule has 0 N–H and O–H groups in total. The summed E-state index contributed by atoms with van der Waals surface area (Å²) in [5.74, 6) is 0. The fourth-order valence-corrected chi connectivity index (χ4v) is 8.72. The number of thioether (sulfide) groups is 4. The summed E-state index contributed by atoms with van der Waals surface area (Å²) in [6, 6.07) is 0. The highest BCUT2D eigenvalue weighted by molar-refractivity contribution is 8.26. The minimum absolute atomic E-state index is 0.343. The van der Waals surface area contributed by atoms with Gasteiger partial charge < -0.3 is 0 Å². The van der Waals surface area contributed by atoms with E-state index in [1.807, 2.05) is 23.5 Å². The summed E-state index contributed by atoms with van der Waals surface area (Å²) in [4.78, 5) is 0. The van der Waals surface area contributed by atoms with E-state index >= 15 is 0 Å². The van der Waals surface area contributed by atoms with Crippen molar-refractivity contribution in [1.29, 1.82) is 0 Å². The quantitative estimate of drug-likeness (QED) is 0.692. The summed E-state index contributed by atoms with van der Waals surface area (Å²) >= 11 is 8.17. The molecule has 3 rings (SSSR count). The van der Waals surface area contributed by atoms with Gasteiger partial charge in [-0.05, 0) is 25.0 Å². The van der Waals surface area contributed by atoms with Crippen LogP contribution in [0.2, 0.25) is 0 Å². The number of fused-ring (bicyclic) bond motifs is 1. The molecule has 76 valence electrons. The molecule has 14 heavy (non-hydrogen) atoms. The molecular weight excluding hydrogens is 248 g/mol. The van der Waals surface area contributed by atoms with E-state index in [1.165, 1.54) is 10.7 Å². The van der Waals surface area contributed by atoms with Gasteiger partial charge in [0.05, 0.1) is 8.83 Å². The second kappa shape index (κ2) is 3.19. The lowest BCUT2D eigenvalue weighted by Gasteiger charge is -2.34. The van der Waals surface area contributed by atoms with Crippen molar-refractivity contribution in [3.8, 4) is 0 Å². The normalized spacial score (nSPS) is 48.4. The topological polar surface area (TPSA) is 0 Å². The first-order valence-corrected chi connectivity index (χ1v) is 8.76. The summed E-state index contributed by atoms with van der Waals surface area (Å²) in [6.45, 7) is 0. The first-order chi connectivity index (χ1) is 6.74. The van der Waals surface area contributed by atoms with Gasteiger partial charge in [-0.3, -0.25) is 0 Å². The first kappa shape index (κ1) is 10.1. The van der Waals surface area contributed by atoms with Crippen molar-refractivity contribution in [2.75, 3.05) is 12.5 Å². The van der Waals surface area contributed by atoms with Crippen LogP contribution in [0, 0.1) is 0 Å². The molecule has 0 aromatic heterocycles. The second-order valence-corrected chi connectivity index (χ2v) is 9.02.